The van der Waals surface area contributed by atoms with Gasteiger partial charge in [0.15, 0.2) is 0 Å². The fourth-order valence-corrected chi connectivity index (χ4v) is 4.70. The van der Waals surface area contributed by atoms with E-state index in [1.807, 2.05) is 24.3 Å². The summed E-state index contributed by atoms with van der Waals surface area (Å²) in [6.07, 6.45) is 2.66. The van der Waals surface area contributed by atoms with Gasteiger partial charge in [-0.3, -0.25) is 4.79 Å². The minimum Gasteiger partial charge on any atom is -0.355 e. The highest BCUT2D eigenvalue weighted by Crippen LogP contribution is 2.21. The maximum Gasteiger partial charge on any atom is 0.224 e. The predicted octanol–water partition coefficient (Wildman–Crippen LogP) is 2.36. The van der Waals surface area contributed by atoms with Gasteiger partial charge in [-0.15, -0.1) is 0 Å². The predicted molar refractivity (Wildman–Crippen MR) is 99.8 cm³/mol. The summed E-state index contributed by atoms with van der Waals surface area (Å²) in [5.74, 6) is 1.30. The van der Waals surface area contributed by atoms with Crippen molar-refractivity contribution in [2.24, 2.45) is 5.92 Å². The summed E-state index contributed by atoms with van der Waals surface area (Å²) in [5.41, 5.74) is 1.09. The van der Waals surface area contributed by atoms with Crippen LogP contribution in [0.5, 0.6) is 0 Å². The molecule has 1 aliphatic heterocycles. The number of hydrogen-bond donors (Lipinski definition) is 1. The smallest absolute Gasteiger partial charge is 0.224 e. The van der Waals surface area contributed by atoms with Crippen LogP contribution in [-0.2, 0) is 20.6 Å². The molecular weight excluding hydrogens is 368 g/mol. The SMILES string of the molecule is CS(=O)(=O)N1CCCC(C(=O)NCCSCc2ccccc2Cl)C1. The first-order valence-corrected chi connectivity index (χ1v) is 11.3. The molecule has 1 unspecified atom stereocenters. The fourth-order valence-electron chi connectivity index (χ4n) is 2.65. The number of nitrogens with zero attached hydrogens (tertiary/aromatic N) is 1. The molecule has 2 rings (SSSR count). The number of thioether (sulfide) groups is 1. The monoisotopic (exact) mass is 390 g/mol. The summed E-state index contributed by atoms with van der Waals surface area (Å²) in [4.78, 5) is 12.2. The molecule has 8 heteroatoms. The fraction of sp³-hybridized carbons (Fsp3) is 0.562. The lowest BCUT2D eigenvalue weighted by atomic mass is 9.99. The molecule has 24 heavy (non-hydrogen) atoms. The molecule has 0 aromatic heterocycles. The van der Waals surface area contributed by atoms with Crippen molar-refractivity contribution >= 4 is 39.3 Å². The van der Waals surface area contributed by atoms with Crippen LogP contribution in [0.25, 0.3) is 0 Å². The van der Waals surface area contributed by atoms with Gasteiger partial charge < -0.3 is 5.32 Å². The zero-order valence-corrected chi connectivity index (χ0v) is 16.1. The third-order valence-electron chi connectivity index (χ3n) is 3.98. The quantitative estimate of drug-likeness (QED) is 0.726. The zero-order chi connectivity index (χ0) is 17.6. The molecule has 0 bridgehead atoms. The Kier molecular flexibility index (Phi) is 7.40. The third-order valence-corrected chi connectivity index (χ3v) is 6.63. The number of carbonyl (C=O) groups is 1. The number of piperidine rings is 1. The number of sulfonamides is 1. The van der Waals surface area contributed by atoms with E-state index in [1.165, 1.54) is 10.6 Å². The lowest BCUT2D eigenvalue weighted by molar-refractivity contribution is -0.125. The number of halogens is 1. The maximum atomic E-state index is 12.2. The van der Waals surface area contributed by atoms with Gasteiger partial charge in [0, 0.05) is 36.2 Å². The van der Waals surface area contributed by atoms with Crippen molar-refractivity contribution in [3.05, 3.63) is 34.9 Å². The van der Waals surface area contributed by atoms with Crippen LogP contribution >= 0.6 is 23.4 Å². The molecule has 1 heterocycles. The molecule has 1 atom stereocenters. The Hall–Kier alpha value is -0.760. The Bertz CT molecular complexity index is 667. The van der Waals surface area contributed by atoms with E-state index in [0.717, 1.165) is 34.9 Å². The second-order valence-electron chi connectivity index (χ2n) is 5.90. The van der Waals surface area contributed by atoms with E-state index < -0.39 is 10.0 Å². The van der Waals surface area contributed by atoms with Crippen molar-refractivity contribution < 1.29 is 13.2 Å². The minimum absolute atomic E-state index is 0.0540. The summed E-state index contributed by atoms with van der Waals surface area (Å²) in [5, 5.41) is 3.67. The van der Waals surface area contributed by atoms with E-state index >= 15 is 0 Å². The highest BCUT2D eigenvalue weighted by atomic mass is 35.5. The second kappa shape index (κ2) is 9.08. The third kappa shape index (κ3) is 5.95. The van der Waals surface area contributed by atoms with Crippen molar-refractivity contribution in [3.63, 3.8) is 0 Å². The van der Waals surface area contributed by atoms with Crippen LogP contribution in [0, 0.1) is 5.92 Å². The Morgan fingerprint density at radius 1 is 1.42 bits per heavy atom. The van der Waals surface area contributed by atoms with E-state index in [1.54, 1.807) is 11.8 Å². The van der Waals surface area contributed by atoms with Gasteiger partial charge in [0.1, 0.15) is 0 Å². The average Bonchev–Trinajstić information content (AvgIpc) is 2.55. The van der Waals surface area contributed by atoms with E-state index in [0.29, 0.717) is 13.1 Å². The summed E-state index contributed by atoms with van der Waals surface area (Å²) < 4.78 is 24.6. The molecule has 1 aromatic carbocycles. The van der Waals surface area contributed by atoms with Crippen LogP contribution in [0.4, 0.5) is 0 Å². The van der Waals surface area contributed by atoms with Gasteiger partial charge in [-0.25, -0.2) is 12.7 Å². The van der Waals surface area contributed by atoms with Gasteiger partial charge in [-0.1, -0.05) is 29.8 Å². The van der Waals surface area contributed by atoms with Crippen molar-refractivity contribution in [3.8, 4) is 0 Å². The topological polar surface area (TPSA) is 66.5 Å². The lowest BCUT2D eigenvalue weighted by Crippen LogP contribution is -2.45. The standard InChI is InChI=1S/C16H23ClN2O3S2/c1-24(21,22)19-9-4-6-13(11-19)16(20)18-8-10-23-12-14-5-2-3-7-15(14)17/h2-3,5,7,13H,4,6,8-12H2,1H3,(H,18,20). The largest absolute Gasteiger partial charge is 0.355 e. The van der Waals surface area contributed by atoms with E-state index in [4.69, 9.17) is 11.6 Å². The van der Waals surface area contributed by atoms with Crippen LogP contribution < -0.4 is 5.32 Å². The van der Waals surface area contributed by atoms with Crippen LogP contribution in [0.2, 0.25) is 5.02 Å². The first-order valence-electron chi connectivity index (χ1n) is 7.92. The van der Waals surface area contributed by atoms with Gasteiger partial charge in [-0.05, 0) is 24.5 Å². The molecule has 0 spiro atoms. The maximum absolute atomic E-state index is 12.2. The van der Waals surface area contributed by atoms with Gasteiger partial charge in [0.2, 0.25) is 15.9 Å². The number of carbonyl (C=O) groups excluding carboxylic acids is 1. The van der Waals surface area contributed by atoms with Crippen LogP contribution in [0.1, 0.15) is 18.4 Å². The van der Waals surface area contributed by atoms with E-state index in [9.17, 15) is 13.2 Å². The number of benzene rings is 1. The Labute approximate surface area is 153 Å². The van der Waals surface area contributed by atoms with Crippen LogP contribution in [-0.4, -0.2) is 50.3 Å². The van der Waals surface area contributed by atoms with E-state index in [-0.39, 0.29) is 18.4 Å². The molecule has 5 nitrogen and oxygen atoms in total. The normalized spacial score (nSPS) is 19.2. The summed E-state index contributed by atoms with van der Waals surface area (Å²) in [7, 11) is -3.22. The highest BCUT2D eigenvalue weighted by Gasteiger charge is 2.29. The highest BCUT2D eigenvalue weighted by molar-refractivity contribution is 7.98. The minimum atomic E-state index is -3.22. The van der Waals surface area contributed by atoms with Gasteiger partial charge in [0.25, 0.3) is 0 Å². The lowest BCUT2D eigenvalue weighted by Gasteiger charge is -2.30. The molecule has 134 valence electrons. The number of hydrogen-bond acceptors (Lipinski definition) is 4. The molecule has 0 radical (unpaired) electrons. The molecule has 1 N–H and O–H groups in total. The molecular formula is C16H23ClN2O3S2. The second-order valence-corrected chi connectivity index (χ2v) is 9.39. The first-order chi connectivity index (χ1) is 11.4. The summed E-state index contributed by atoms with van der Waals surface area (Å²) in [6.45, 7) is 1.37. The van der Waals surface area contributed by atoms with Crippen molar-refractivity contribution in [2.45, 2.75) is 18.6 Å². The summed E-state index contributed by atoms with van der Waals surface area (Å²) in [6, 6.07) is 7.73. The van der Waals surface area contributed by atoms with Crippen LogP contribution in [0.3, 0.4) is 0 Å². The van der Waals surface area contributed by atoms with Crippen molar-refractivity contribution in [1.29, 1.82) is 0 Å². The number of rotatable bonds is 7. The van der Waals surface area contributed by atoms with Crippen LogP contribution in [0.15, 0.2) is 24.3 Å². The molecule has 1 amide bonds. The van der Waals surface area contributed by atoms with E-state index in [2.05, 4.69) is 5.32 Å². The molecule has 1 saturated heterocycles. The van der Waals surface area contributed by atoms with Gasteiger partial charge >= 0.3 is 0 Å². The molecule has 1 fully saturated rings. The molecule has 0 saturated carbocycles. The average molecular weight is 391 g/mol. The number of amides is 1. The van der Waals surface area contributed by atoms with Gasteiger partial charge in [-0.2, -0.15) is 11.8 Å². The first kappa shape index (κ1) is 19.6. The molecule has 1 aromatic rings. The number of nitrogens with one attached hydrogen (secondary N) is 1. The molecule has 0 aliphatic carbocycles. The zero-order valence-electron chi connectivity index (χ0n) is 13.7. The van der Waals surface area contributed by atoms with Crippen molar-refractivity contribution in [1.82, 2.24) is 9.62 Å². The Balaban J connectivity index is 1.69. The Morgan fingerprint density at radius 3 is 2.88 bits per heavy atom. The summed E-state index contributed by atoms with van der Waals surface area (Å²) >= 11 is 7.81. The molecule has 1 aliphatic rings. The Morgan fingerprint density at radius 2 is 2.17 bits per heavy atom. The van der Waals surface area contributed by atoms with Gasteiger partial charge in [0.05, 0.1) is 12.2 Å². The van der Waals surface area contributed by atoms with Crippen molar-refractivity contribution in [2.75, 3.05) is 31.6 Å².